The molecule has 0 aliphatic carbocycles. The lowest BCUT2D eigenvalue weighted by atomic mass is 9.73. The Balaban J connectivity index is 1.69. The lowest BCUT2D eigenvalue weighted by Crippen LogP contribution is -2.44. The summed E-state index contributed by atoms with van der Waals surface area (Å²) in [6.07, 6.45) is 4.00. The van der Waals surface area contributed by atoms with Gasteiger partial charge < -0.3 is 14.8 Å². The number of ether oxygens (including phenoxy) is 2. The van der Waals surface area contributed by atoms with Gasteiger partial charge in [-0.05, 0) is 56.0 Å². The molecule has 1 amide bonds. The number of benzene rings is 2. The summed E-state index contributed by atoms with van der Waals surface area (Å²) in [5.74, 6) is 0.742. The predicted molar refractivity (Wildman–Crippen MR) is 119 cm³/mol. The Morgan fingerprint density at radius 2 is 1.90 bits per heavy atom. The second-order valence-corrected chi connectivity index (χ2v) is 7.87. The van der Waals surface area contributed by atoms with Gasteiger partial charge >= 0.3 is 0 Å². The van der Waals surface area contributed by atoms with Gasteiger partial charge in [0.2, 0.25) is 5.91 Å². The highest BCUT2D eigenvalue weighted by Crippen LogP contribution is 2.38. The van der Waals surface area contributed by atoms with Gasteiger partial charge in [-0.25, -0.2) is 0 Å². The normalized spacial score (nSPS) is 15.7. The Hall–Kier alpha value is -2.92. The molecular formula is C25H28N2O3. The maximum atomic E-state index is 13.7. The van der Waals surface area contributed by atoms with Gasteiger partial charge in [0.25, 0.3) is 0 Å². The summed E-state index contributed by atoms with van der Waals surface area (Å²) in [6.45, 7) is 5.92. The molecule has 0 unspecified atom stereocenters. The molecule has 30 heavy (non-hydrogen) atoms. The molecule has 0 spiro atoms. The van der Waals surface area contributed by atoms with Crippen LogP contribution in [0.5, 0.6) is 5.75 Å². The fraction of sp³-hybridized carbons (Fsp3) is 0.360. The summed E-state index contributed by atoms with van der Waals surface area (Å²) in [4.78, 5) is 18.2. The number of aromatic nitrogens is 1. The number of hydrogen-bond acceptors (Lipinski definition) is 4. The van der Waals surface area contributed by atoms with Crippen LogP contribution in [0, 0.1) is 6.92 Å². The second-order valence-electron chi connectivity index (χ2n) is 7.87. The Morgan fingerprint density at radius 1 is 1.13 bits per heavy atom. The lowest BCUT2D eigenvalue weighted by Gasteiger charge is -2.36. The molecule has 0 saturated carbocycles. The third-order valence-corrected chi connectivity index (χ3v) is 5.83. The highest BCUT2D eigenvalue weighted by molar-refractivity contribution is 6.06. The van der Waals surface area contributed by atoms with Gasteiger partial charge in [-0.15, -0.1) is 0 Å². The summed E-state index contributed by atoms with van der Waals surface area (Å²) in [7, 11) is 0. The van der Waals surface area contributed by atoms with Crippen molar-refractivity contribution in [3.63, 3.8) is 0 Å². The molecule has 156 valence electrons. The molecule has 5 heteroatoms. The number of nitrogens with one attached hydrogen (secondary N) is 1. The quantitative estimate of drug-likeness (QED) is 0.627. The first-order valence-corrected chi connectivity index (χ1v) is 10.6. The molecule has 2 heterocycles. The molecule has 1 saturated heterocycles. The Bertz CT molecular complexity index is 1020. The first kappa shape index (κ1) is 20.4. The SMILES string of the molecule is CCCOc1ccc(NC(=O)C2(c3ccc(C)cc3)CCOCC2)c2cccnc12. The number of hydrogen-bond donors (Lipinski definition) is 1. The molecule has 1 aliphatic heterocycles. The smallest absolute Gasteiger partial charge is 0.235 e. The zero-order chi connectivity index (χ0) is 21.0. The number of aryl methyl sites for hydroxylation is 1. The van der Waals surface area contributed by atoms with Crippen molar-refractivity contribution in [3.8, 4) is 5.75 Å². The summed E-state index contributed by atoms with van der Waals surface area (Å²) >= 11 is 0. The predicted octanol–water partition coefficient (Wildman–Crippen LogP) is 5.02. The first-order valence-electron chi connectivity index (χ1n) is 10.6. The van der Waals surface area contributed by atoms with E-state index in [0.29, 0.717) is 32.7 Å². The van der Waals surface area contributed by atoms with Crippen molar-refractivity contribution < 1.29 is 14.3 Å². The van der Waals surface area contributed by atoms with Crippen molar-refractivity contribution in [2.24, 2.45) is 0 Å². The van der Waals surface area contributed by atoms with Crippen molar-refractivity contribution >= 4 is 22.5 Å². The van der Waals surface area contributed by atoms with Crippen molar-refractivity contribution in [2.45, 2.75) is 38.5 Å². The van der Waals surface area contributed by atoms with Gasteiger partial charge in [0.1, 0.15) is 11.3 Å². The minimum absolute atomic E-state index is 0.00188. The summed E-state index contributed by atoms with van der Waals surface area (Å²) < 4.78 is 11.4. The number of pyridine rings is 1. The van der Waals surface area contributed by atoms with Crippen LogP contribution < -0.4 is 10.1 Å². The zero-order valence-corrected chi connectivity index (χ0v) is 17.6. The van der Waals surface area contributed by atoms with Crippen molar-refractivity contribution in [3.05, 3.63) is 65.9 Å². The molecule has 1 aromatic heterocycles. The second kappa shape index (κ2) is 8.84. The number of nitrogens with zero attached hydrogens (tertiary/aromatic N) is 1. The van der Waals surface area contributed by atoms with E-state index in [1.165, 1.54) is 5.56 Å². The minimum Gasteiger partial charge on any atom is -0.491 e. The Morgan fingerprint density at radius 3 is 2.63 bits per heavy atom. The molecule has 4 rings (SSSR count). The van der Waals surface area contributed by atoms with Gasteiger partial charge in [-0.1, -0.05) is 36.8 Å². The molecule has 1 fully saturated rings. The molecule has 0 atom stereocenters. The molecule has 2 aromatic carbocycles. The van der Waals surface area contributed by atoms with Gasteiger partial charge in [-0.2, -0.15) is 0 Å². The maximum absolute atomic E-state index is 13.7. The van der Waals surface area contributed by atoms with Crippen LogP contribution in [0.1, 0.15) is 37.3 Å². The molecular weight excluding hydrogens is 376 g/mol. The van der Waals surface area contributed by atoms with E-state index < -0.39 is 5.41 Å². The number of amides is 1. The van der Waals surface area contributed by atoms with Gasteiger partial charge in [-0.3, -0.25) is 9.78 Å². The maximum Gasteiger partial charge on any atom is 0.235 e. The number of rotatable bonds is 6. The van der Waals surface area contributed by atoms with Crippen molar-refractivity contribution in [1.82, 2.24) is 4.98 Å². The molecule has 5 nitrogen and oxygen atoms in total. The number of carbonyl (C=O) groups is 1. The van der Waals surface area contributed by atoms with Crippen LogP contribution in [0.2, 0.25) is 0 Å². The Labute approximate surface area is 177 Å². The zero-order valence-electron chi connectivity index (χ0n) is 17.6. The molecule has 1 aliphatic rings. The first-order chi connectivity index (χ1) is 14.6. The molecule has 1 N–H and O–H groups in total. The fourth-order valence-corrected chi connectivity index (χ4v) is 4.07. The van der Waals surface area contributed by atoms with E-state index in [9.17, 15) is 4.79 Å². The van der Waals surface area contributed by atoms with Crippen LogP contribution in [-0.2, 0) is 14.9 Å². The third kappa shape index (κ3) is 3.90. The van der Waals surface area contributed by atoms with E-state index in [0.717, 1.165) is 34.3 Å². The summed E-state index contributed by atoms with van der Waals surface area (Å²) in [5, 5.41) is 4.08. The highest BCUT2D eigenvalue weighted by atomic mass is 16.5. The van der Waals surface area contributed by atoms with Crippen LogP contribution in [0.3, 0.4) is 0 Å². The lowest BCUT2D eigenvalue weighted by molar-refractivity contribution is -0.125. The van der Waals surface area contributed by atoms with E-state index >= 15 is 0 Å². The topological polar surface area (TPSA) is 60.5 Å². The summed E-state index contributed by atoms with van der Waals surface area (Å²) in [5.41, 5.74) is 3.14. The number of anilines is 1. The van der Waals surface area contributed by atoms with Crippen LogP contribution in [0.25, 0.3) is 10.9 Å². The van der Waals surface area contributed by atoms with E-state index in [4.69, 9.17) is 9.47 Å². The van der Waals surface area contributed by atoms with E-state index in [-0.39, 0.29) is 5.91 Å². The van der Waals surface area contributed by atoms with Crippen LogP contribution in [0.15, 0.2) is 54.7 Å². The van der Waals surface area contributed by atoms with E-state index in [2.05, 4.69) is 48.4 Å². The van der Waals surface area contributed by atoms with Crippen LogP contribution in [-0.4, -0.2) is 30.7 Å². The average Bonchev–Trinajstić information content (AvgIpc) is 2.79. The number of fused-ring (bicyclic) bond motifs is 1. The summed E-state index contributed by atoms with van der Waals surface area (Å²) in [6, 6.07) is 15.9. The monoisotopic (exact) mass is 404 g/mol. The van der Waals surface area contributed by atoms with Crippen molar-refractivity contribution in [2.75, 3.05) is 25.1 Å². The van der Waals surface area contributed by atoms with E-state index in [1.54, 1.807) is 6.20 Å². The molecule has 0 bridgehead atoms. The van der Waals surface area contributed by atoms with Crippen LogP contribution in [0.4, 0.5) is 5.69 Å². The molecule has 0 radical (unpaired) electrons. The average molecular weight is 405 g/mol. The Kier molecular flexibility index (Phi) is 6.00. The van der Waals surface area contributed by atoms with Gasteiger partial charge in [0, 0.05) is 24.8 Å². The highest BCUT2D eigenvalue weighted by Gasteiger charge is 2.41. The van der Waals surface area contributed by atoms with Gasteiger partial charge in [0.15, 0.2) is 0 Å². The fourth-order valence-electron chi connectivity index (χ4n) is 4.07. The molecule has 3 aromatic rings. The largest absolute Gasteiger partial charge is 0.491 e. The van der Waals surface area contributed by atoms with E-state index in [1.807, 2.05) is 24.3 Å². The van der Waals surface area contributed by atoms with Gasteiger partial charge in [0.05, 0.1) is 17.7 Å². The van der Waals surface area contributed by atoms with Crippen molar-refractivity contribution in [1.29, 1.82) is 0 Å². The number of carbonyl (C=O) groups excluding carboxylic acids is 1. The minimum atomic E-state index is -0.599. The van der Waals surface area contributed by atoms with Crippen LogP contribution >= 0.6 is 0 Å². The standard InChI is InChI=1S/C25H28N2O3/c1-3-15-30-22-11-10-21(20-5-4-14-26-23(20)22)27-24(28)25(12-16-29-17-13-25)19-8-6-18(2)7-9-19/h4-11,14H,3,12-13,15-17H2,1-2H3,(H,27,28). The third-order valence-electron chi connectivity index (χ3n) is 5.83.